The van der Waals surface area contributed by atoms with Crippen LogP contribution in [-0.2, 0) is 11.3 Å². The van der Waals surface area contributed by atoms with Gasteiger partial charge in [0.2, 0.25) is 0 Å². The summed E-state index contributed by atoms with van der Waals surface area (Å²) in [6.45, 7) is 4.37. The number of hydrogen-bond donors (Lipinski definition) is 2. The fourth-order valence-electron chi connectivity index (χ4n) is 2.56. The normalized spacial score (nSPS) is 12.5. The van der Waals surface area contributed by atoms with Crippen molar-refractivity contribution in [2.45, 2.75) is 19.6 Å². The van der Waals surface area contributed by atoms with Crippen molar-refractivity contribution in [2.24, 2.45) is 4.99 Å². The zero-order valence-corrected chi connectivity index (χ0v) is 17.1. The van der Waals surface area contributed by atoms with Crippen LogP contribution in [0, 0.1) is 5.82 Å². The Hall–Kier alpha value is -2.64. The van der Waals surface area contributed by atoms with Crippen molar-refractivity contribution in [3.63, 3.8) is 0 Å². The molecular weight excluding hydrogens is 373 g/mol. The number of likely N-dealkylation sites (N-methyl/N-ethyl adjacent to an activating group) is 1. The molecule has 0 aromatic heterocycles. The Labute approximate surface area is 172 Å². The van der Waals surface area contributed by atoms with Crippen molar-refractivity contribution >= 4 is 5.96 Å². The molecule has 0 amide bonds. The van der Waals surface area contributed by atoms with Gasteiger partial charge < -0.3 is 24.8 Å². The first-order valence-corrected chi connectivity index (χ1v) is 9.76. The van der Waals surface area contributed by atoms with E-state index in [1.807, 2.05) is 49.2 Å². The van der Waals surface area contributed by atoms with Gasteiger partial charge in [-0.25, -0.2) is 4.39 Å². The molecule has 0 aliphatic carbocycles. The highest BCUT2D eigenvalue weighted by Gasteiger charge is 2.09. The SMILES string of the molecule is CCNC(=NCC(O)COCc1ccccc1)N(C)CCOc1ccccc1F. The second-order valence-corrected chi connectivity index (χ2v) is 6.55. The standard InChI is InChI=1S/C22H30FN3O3/c1-3-24-22(26(2)13-14-29-21-12-8-7-11-20(21)23)25-15-19(27)17-28-16-18-9-5-4-6-10-18/h4-12,19,27H,3,13-17H2,1-2H3,(H,24,25). The number of nitrogens with zero attached hydrogens (tertiary/aromatic N) is 2. The molecule has 0 heterocycles. The number of rotatable bonds is 11. The van der Waals surface area contributed by atoms with E-state index < -0.39 is 6.10 Å². The first kappa shape index (κ1) is 22.6. The smallest absolute Gasteiger partial charge is 0.193 e. The van der Waals surface area contributed by atoms with Crippen molar-refractivity contribution in [3.8, 4) is 5.75 Å². The molecule has 2 aromatic carbocycles. The van der Waals surface area contributed by atoms with Crippen LogP contribution < -0.4 is 10.1 Å². The fourth-order valence-corrected chi connectivity index (χ4v) is 2.56. The van der Waals surface area contributed by atoms with E-state index in [0.717, 1.165) is 5.56 Å². The van der Waals surface area contributed by atoms with E-state index in [1.165, 1.54) is 6.07 Å². The van der Waals surface area contributed by atoms with Gasteiger partial charge in [-0.3, -0.25) is 4.99 Å². The van der Waals surface area contributed by atoms with Gasteiger partial charge >= 0.3 is 0 Å². The monoisotopic (exact) mass is 403 g/mol. The molecule has 0 saturated carbocycles. The summed E-state index contributed by atoms with van der Waals surface area (Å²) in [5.41, 5.74) is 1.06. The molecule has 0 saturated heterocycles. The molecular formula is C22H30FN3O3. The lowest BCUT2D eigenvalue weighted by atomic mass is 10.2. The molecule has 6 nitrogen and oxygen atoms in total. The van der Waals surface area contributed by atoms with Gasteiger partial charge in [-0.2, -0.15) is 0 Å². The Balaban J connectivity index is 1.75. The minimum atomic E-state index is -0.699. The molecule has 2 aromatic rings. The molecule has 0 spiro atoms. The number of ether oxygens (including phenoxy) is 2. The topological polar surface area (TPSA) is 66.3 Å². The summed E-state index contributed by atoms with van der Waals surface area (Å²) in [6, 6.07) is 16.1. The summed E-state index contributed by atoms with van der Waals surface area (Å²) in [5.74, 6) is 0.495. The second-order valence-electron chi connectivity index (χ2n) is 6.55. The molecule has 0 radical (unpaired) electrons. The van der Waals surface area contributed by atoms with Gasteiger partial charge in [0.15, 0.2) is 17.5 Å². The van der Waals surface area contributed by atoms with Crippen LogP contribution in [0.5, 0.6) is 5.75 Å². The lowest BCUT2D eigenvalue weighted by Gasteiger charge is -2.22. The zero-order chi connectivity index (χ0) is 20.9. The van der Waals surface area contributed by atoms with Crippen molar-refractivity contribution in [1.82, 2.24) is 10.2 Å². The lowest BCUT2D eigenvalue weighted by Crippen LogP contribution is -2.41. The average Bonchev–Trinajstić information content (AvgIpc) is 2.73. The summed E-state index contributed by atoms with van der Waals surface area (Å²) in [4.78, 5) is 6.33. The maximum Gasteiger partial charge on any atom is 0.193 e. The third kappa shape index (κ3) is 8.50. The number of para-hydroxylation sites is 1. The molecule has 0 aliphatic heterocycles. The van der Waals surface area contributed by atoms with Gasteiger partial charge in [0.1, 0.15) is 6.61 Å². The van der Waals surface area contributed by atoms with Crippen LogP contribution in [-0.4, -0.2) is 62.0 Å². The van der Waals surface area contributed by atoms with Gasteiger partial charge in [-0.05, 0) is 24.6 Å². The average molecular weight is 403 g/mol. The number of halogens is 1. The summed E-state index contributed by atoms with van der Waals surface area (Å²) < 4.78 is 24.6. The highest BCUT2D eigenvalue weighted by Crippen LogP contribution is 2.15. The maximum atomic E-state index is 13.6. The minimum absolute atomic E-state index is 0.206. The number of hydrogen-bond acceptors (Lipinski definition) is 4. The van der Waals surface area contributed by atoms with Gasteiger partial charge in [-0.15, -0.1) is 0 Å². The minimum Gasteiger partial charge on any atom is -0.489 e. The molecule has 1 unspecified atom stereocenters. The Kier molecular flexibility index (Phi) is 9.95. The zero-order valence-electron chi connectivity index (χ0n) is 17.1. The number of aliphatic imine (C=N–C) groups is 1. The van der Waals surface area contributed by atoms with Crippen LogP contribution in [0.2, 0.25) is 0 Å². The van der Waals surface area contributed by atoms with Crippen molar-refractivity contribution in [2.75, 3.05) is 39.9 Å². The molecule has 1 atom stereocenters. The van der Waals surface area contributed by atoms with Crippen LogP contribution >= 0.6 is 0 Å². The molecule has 2 N–H and O–H groups in total. The van der Waals surface area contributed by atoms with Gasteiger partial charge in [0.05, 0.1) is 32.4 Å². The summed E-state index contributed by atoms with van der Waals surface area (Å²) >= 11 is 0. The lowest BCUT2D eigenvalue weighted by molar-refractivity contribution is 0.0330. The number of aliphatic hydroxyl groups excluding tert-OH is 1. The molecule has 0 aliphatic rings. The Morgan fingerprint density at radius 3 is 2.62 bits per heavy atom. The van der Waals surface area contributed by atoms with E-state index in [9.17, 15) is 9.50 Å². The maximum absolute atomic E-state index is 13.6. The van der Waals surface area contributed by atoms with E-state index in [-0.39, 0.29) is 24.7 Å². The third-order valence-electron chi connectivity index (χ3n) is 4.09. The van der Waals surface area contributed by atoms with Crippen LogP contribution in [0.1, 0.15) is 12.5 Å². The summed E-state index contributed by atoms with van der Waals surface area (Å²) in [6.07, 6.45) is -0.699. The van der Waals surface area contributed by atoms with Gasteiger partial charge in [0.25, 0.3) is 0 Å². The Morgan fingerprint density at radius 2 is 1.90 bits per heavy atom. The van der Waals surface area contributed by atoms with E-state index in [1.54, 1.807) is 18.2 Å². The van der Waals surface area contributed by atoms with Crippen molar-refractivity contribution < 1.29 is 19.0 Å². The molecule has 29 heavy (non-hydrogen) atoms. The number of benzene rings is 2. The number of guanidine groups is 1. The van der Waals surface area contributed by atoms with Crippen LogP contribution in [0.3, 0.4) is 0 Å². The quantitative estimate of drug-likeness (QED) is 0.446. The highest BCUT2D eigenvalue weighted by molar-refractivity contribution is 5.79. The third-order valence-corrected chi connectivity index (χ3v) is 4.09. The predicted octanol–water partition coefficient (Wildman–Crippen LogP) is 2.68. The van der Waals surface area contributed by atoms with Crippen LogP contribution in [0.4, 0.5) is 4.39 Å². The van der Waals surface area contributed by atoms with E-state index in [0.29, 0.717) is 32.3 Å². The first-order valence-electron chi connectivity index (χ1n) is 9.76. The van der Waals surface area contributed by atoms with Crippen LogP contribution in [0.15, 0.2) is 59.6 Å². The number of aliphatic hydroxyl groups is 1. The Bertz CT molecular complexity index is 743. The largest absolute Gasteiger partial charge is 0.489 e. The van der Waals surface area contributed by atoms with Crippen molar-refractivity contribution in [1.29, 1.82) is 0 Å². The Morgan fingerprint density at radius 1 is 1.17 bits per heavy atom. The molecule has 0 bridgehead atoms. The molecule has 2 rings (SSSR count). The predicted molar refractivity (Wildman–Crippen MR) is 113 cm³/mol. The second kappa shape index (κ2) is 12.7. The van der Waals surface area contributed by atoms with Gasteiger partial charge in [-0.1, -0.05) is 42.5 Å². The van der Waals surface area contributed by atoms with E-state index >= 15 is 0 Å². The van der Waals surface area contributed by atoms with Gasteiger partial charge in [0, 0.05) is 13.6 Å². The number of nitrogens with one attached hydrogen (secondary N) is 1. The van der Waals surface area contributed by atoms with E-state index in [2.05, 4.69) is 10.3 Å². The first-order chi connectivity index (χ1) is 14.1. The summed E-state index contributed by atoms with van der Waals surface area (Å²) in [7, 11) is 1.87. The highest BCUT2D eigenvalue weighted by atomic mass is 19.1. The fraction of sp³-hybridized carbons (Fsp3) is 0.409. The molecule has 0 fully saturated rings. The van der Waals surface area contributed by atoms with Crippen LogP contribution in [0.25, 0.3) is 0 Å². The summed E-state index contributed by atoms with van der Waals surface area (Å²) in [5, 5.41) is 13.3. The molecule has 7 heteroatoms. The van der Waals surface area contributed by atoms with E-state index in [4.69, 9.17) is 9.47 Å². The molecule has 158 valence electrons. The van der Waals surface area contributed by atoms with Crippen molar-refractivity contribution in [3.05, 3.63) is 66.0 Å².